The largest absolute Gasteiger partial charge is 0.496 e. The van der Waals surface area contributed by atoms with E-state index in [-0.39, 0.29) is 6.54 Å². The Labute approximate surface area is 87.9 Å². The van der Waals surface area contributed by atoms with Crippen LogP contribution >= 0.6 is 0 Å². The SMILES string of the molecule is COc1ccnc(C(CN)C(=O)O)c1C. The van der Waals surface area contributed by atoms with Gasteiger partial charge in [0.15, 0.2) is 0 Å². The van der Waals surface area contributed by atoms with Crippen LogP contribution in [-0.4, -0.2) is 29.7 Å². The number of aromatic nitrogens is 1. The fraction of sp³-hybridized carbons (Fsp3) is 0.400. The summed E-state index contributed by atoms with van der Waals surface area (Å²) in [6, 6.07) is 1.69. The van der Waals surface area contributed by atoms with Gasteiger partial charge in [-0.05, 0) is 13.0 Å². The van der Waals surface area contributed by atoms with Crippen LogP contribution in [-0.2, 0) is 4.79 Å². The first-order valence-corrected chi connectivity index (χ1v) is 4.54. The molecule has 0 radical (unpaired) electrons. The molecule has 82 valence electrons. The molecule has 0 saturated heterocycles. The summed E-state index contributed by atoms with van der Waals surface area (Å²) >= 11 is 0. The maximum atomic E-state index is 10.9. The van der Waals surface area contributed by atoms with E-state index in [1.165, 1.54) is 13.3 Å². The fourth-order valence-corrected chi connectivity index (χ4v) is 1.44. The van der Waals surface area contributed by atoms with Gasteiger partial charge in [0.25, 0.3) is 0 Å². The second-order valence-electron chi connectivity index (χ2n) is 3.15. The van der Waals surface area contributed by atoms with Crippen molar-refractivity contribution in [1.29, 1.82) is 0 Å². The predicted molar refractivity (Wildman–Crippen MR) is 55.0 cm³/mol. The van der Waals surface area contributed by atoms with Gasteiger partial charge in [-0.1, -0.05) is 0 Å². The van der Waals surface area contributed by atoms with E-state index in [0.717, 1.165) is 5.56 Å². The van der Waals surface area contributed by atoms with Crippen LogP contribution in [0, 0.1) is 6.92 Å². The van der Waals surface area contributed by atoms with Gasteiger partial charge in [0.05, 0.1) is 12.8 Å². The molecule has 1 aromatic heterocycles. The van der Waals surface area contributed by atoms with Crippen molar-refractivity contribution in [3.8, 4) is 5.75 Å². The number of aliphatic carboxylic acids is 1. The number of methoxy groups -OCH3 is 1. The number of carboxylic acid groups (broad SMARTS) is 1. The molecule has 1 aromatic rings. The van der Waals surface area contributed by atoms with Gasteiger partial charge in [-0.25, -0.2) is 0 Å². The molecule has 0 aromatic carbocycles. The Kier molecular flexibility index (Phi) is 3.62. The van der Waals surface area contributed by atoms with Crippen molar-refractivity contribution in [2.75, 3.05) is 13.7 Å². The third-order valence-corrected chi connectivity index (χ3v) is 2.28. The summed E-state index contributed by atoms with van der Waals surface area (Å²) < 4.78 is 5.09. The highest BCUT2D eigenvalue weighted by Crippen LogP contribution is 2.24. The van der Waals surface area contributed by atoms with Gasteiger partial charge in [-0.3, -0.25) is 9.78 Å². The zero-order valence-electron chi connectivity index (χ0n) is 8.73. The van der Waals surface area contributed by atoms with Crippen LogP contribution in [0.4, 0.5) is 0 Å². The summed E-state index contributed by atoms with van der Waals surface area (Å²) in [7, 11) is 1.53. The third-order valence-electron chi connectivity index (χ3n) is 2.28. The highest BCUT2D eigenvalue weighted by Gasteiger charge is 2.22. The summed E-state index contributed by atoms with van der Waals surface area (Å²) in [6.45, 7) is 1.79. The van der Waals surface area contributed by atoms with E-state index >= 15 is 0 Å². The lowest BCUT2D eigenvalue weighted by atomic mass is 10.0. The van der Waals surface area contributed by atoms with Crippen molar-refractivity contribution >= 4 is 5.97 Å². The summed E-state index contributed by atoms with van der Waals surface area (Å²) in [4.78, 5) is 15.0. The van der Waals surface area contributed by atoms with E-state index in [0.29, 0.717) is 11.4 Å². The fourth-order valence-electron chi connectivity index (χ4n) is 1.44. The van der Waals surface area contributed by atoms with Crippen LogP contribution in [0.5, 0.6) is 5.75 Å². The maximum Gasteiger partial charge on any atom is 0.313 e. The molecule has 0 saturated carbocycles. The highest BCUT2D eigenvalue weighted by atomic mass is 16.5. The first kappa shape index (κ1) is 11.5. The summed E-state index contributed by atoms with van der Waals surface area (Å²) in [5, 5.41) is 8.95. The van der Waals surface area contributed by atoms with Gasteiger partial charge in [-0.2, -0.15) is 0 Å². The molecular weight excluding hydrogens is 196 g/mol. The molecule has 1 unspecified atom stereocenters. The number of ether oxygens (including phenoxy) is 1. The van der Waals surface area contributed by atoms with Crippen LogP contribution in [0.3, 0.4) is 0 Å². The first-order valence-electron chi connectivity index (χ1n) is 4.54. The maximum absolute atomic E-state index is 10.9. The predicted octanol–water partition coefficient (Wildman–Crippen LogP) is 0.526. The van der Waals surface area contributed by atoms with E-state index < -0.39 is 11.9 Å². The molecule has 1 atom stereocenters. The highest BCUT2D eigenvalue weighted by molar-refractivity contribution is 5.76. The molecule has 1 rings (SSSR count). The smallest absolute Gasteiger partial charge is 0.313 e. The zero-order chi connectivity index (χ0) is 11.4. The summed E-state index contributed by atoms with van der Waals surface area (Å²) in [5.74, 6) is -1.12. The molecule has 0 amide bonds. The number of carbonyl (C=O) groups is 1. The number of rotatable bonds is 4. The van der Waals surface area contributed by atoms with Crippen molar-refractivity contribution in [3.63, 3.8) is 0 Å². The standard InChI is InChI=1S/C10H14N2O3/c1-6-8(15-2)3-4-12-9(6)7(5-11)10(13)14/h3-4,7H,5,11H2,1-2H3,(H,13,14). The second kappa shape index (κ2) is 4.75. The molecule has 15 heavy (non-hydrogen) atoms. The van der Waals surface area contributed by atoms with E-state index in [2.05, 4.69) is 4.98 Å². The molecule has 3 N–H and O–H groups in total. The summed E-state index contributed by atoms with van der Waals surface area (Å²) in [6.07, 6.45) is 1.52. The van der Waals surface area contributed by atoms with Crippen LogP contribution in [0.25, 0.3) is 0 Å². The molecule has 5 nitrogen and oxygen atoms in total. The van der Waals surface area contributed by atoms with Crippen LogP contribution in [0.1, 0.15) is 17.2 Å². The number of nitrogens with zero attached hydrogens (tertiary/aromatic N) is 1. The van der Waals surface area contributed by atoms with E-state index in [4.69, 9.17) is 15.6 Å². The molecule has 0 spiro atoms. The molecule has 0 bridgehead atoms. The van der Waals surface area contributed by atoms with Gasteiger partial charge in [0, 0.05) is 18.3 Å². The Bertz CT molecular complexity index is 366. The number of nitrogens with two attached hydrogens (primary N) is 1. The molecule has 0 aliphatic carbocycles. The zero-order valence-corrected chi connectivity index (χ0v) is 8.73. The molecule has 1 heterocycles. The average molecular weight is 210 g/mol. The topological polar surface area (TPSA) is 85.4 Å². The van der Waals surface area contributed by atoms with Crippen molar-refractivity contribution in [2.24, 2.45) is 5.73 Å². The van der Waals surface area contributed by atoms with E-state index in [1.54, 1.807) is 13.0 Å². The molecule has 0 aliphatic rings. The van der Waals surface area contributed by atoms with Gasteiger partial charge in [0.2, 0.25) is 0 Å². The lowest BCUT2D eigenvalue weighted by Crippen LogP contribution is -2.23. The number of hydrogen-bond acceptors (Lipinski definition) is 4. The van der Waals surface area contributed by atoms with E-state index in [1.807, 2.05) is 0 Å². The molecular formula is C10H14N2O3. The van der Waals surface area contributed by atoms with Gasteiger partial charge < -0.3 is 15.6 Å². The van der Waals surface area contributed by atoms with Crippen LogP contribution in [0.15, 0.2) is 12.3 Å². The Morgan fingerprint density at radius 3 is 2.87 bits per heavy atom. The second-order valence-corrected chi connectivity index (χ2v) is 3.15. The number of hydrogen-bond donors (Lipinski definition) is 2. The van der Waals surface area contributed by atoms with Crippen molar-refractivity contribution in [2.45, 2.75) is 12.8 Å². The number of carboxylic acids is 1. The summed E-state index contributed by atoms with van der Waals surface area (Å²) in [5.41, 5.74) is 6.59. The Morgan fingerprint density at radius 1 is 1.73 bits per heavy atom. The van der Waals surface area contributed by atoms with Crippen molar-refractivity contribution in [1.82, 2.24) is 4.98 Å². The minimum absolute atomic E-state index is 0.0241. The lowest BCUT2D eigenvalue weighted by molar-refractivity contribution is -0.138. The van der Waals surface area contributed by atoms with Crippen molar-refractivity contribution in [3.05, 3.63) is 23.5 Å². The first-order chi connectivity index (χ1) is 7.11. The van der Waals surface area contributed by atoms with Crippen LogP contribution in [0.2, 0.25) is 0 Å². The average Bonchev–Trinajstić information content (AvgIpc) is 2.21. The minimum Gasteiger partial charge on any atom is -0.496 e. The van der Waals surface area contributed by atoms with Crippen LogP contribution < -0.4 is 10.5 Å². The Hall–Kier alpha value is -1.62. The molecule has 5 heteroatoms. The van der Waals surface area contributed by atoms with Gasteiger partial charge in [-0.15, -0.1) is 0 Å². The monoisotopic (exact) mass is 210 g/mol. The molecule has 0 aliphatic heterocycles. The minimum atomic E-state index is -0.971. The molecule has 0 fully saturated rings. The lowest BCUT2D eigenvalue weighted by Gasteiger charge is -2.13. The van der Waals surface area contributed by atoms with Crippen molar-refractivity contribution < 1.29 is 14.6 Å². The Balaban J connectivity index is 3.18. The quantitative estimate of drug-likeness (QED) is 0.757. The Morgan fingerprint density at radius 2 is 2.40 bits per heavy atom. The normalized spacial score (nSPS) is 12.2. The number of pyridine rings is 1. The van der Waals surface area contributed by atoms with Gasteiger partial charge in [0.1, 0.15) is 11.7 Å². The third kappa shape index (κ3) is 2.24. The van der Waals surface area contributed by atoms with Gasteiger partial charge >= 0.3 is 5.97 Å². The van der Waals surface area contributed by atoms with E-state index in [9.17, 15) is 4.79 Å².